The molecule has 1 aromatic carbocycles. The van der Waals surface area contributed by atoms with Gasteiger partial charge >= 0.3 is 5.69 Å². The Balaban J connectivity index is 3.23. The number of nitro groups is 1. The Hall–Kier alpha value is -3.81. The van der Waals surface area contributed by atoms with Crippen molar-refractivity contribution in [3.8, 4) is 17.6 Å². The average molecular weight is 364 g/mol. The molecular weight excluding hydrogens is 348 g/mol. The van der Waals surface area contributed by atoms with E-state index in [0.717, 1.165) is 11.0 Å². The summed E-state index contributed by atoms with van der Waals surface area (Å²) in [4.78, 5) is 34.0. The number of hydrogen-bond acceptors (Lipinski definition) is 8. The smallest absolute Gasteiger partial charge is 0.315 e. The molecule has 26 heavy (non-hydrogen) atoms. The first-order valence-electron chi connectivity index (χ1n) is 7.14. The number of benzene rings is 1. The van der Waals surface area contributed by atoms with Crippen LogP contribution in [0.3, 0.4) is 0 Å². The number of aliphatic hydroxyl groups is 1. The van der Waals surface area contributed by atoms with E-state index < -0.39 is 44.9 Å². The predicted molar refractivity (Wildman–Crippen MR) is 87.9 cm³/mol. The highest BCUT2D eigenvalue weighted by molar-refractivity contribution is 6.03. The summed E-state index contributed by atoms with van der Waals surface area (Å²) in [5.41, 5.74) is -2.03. The lowest BCUT2D eigenvalue weighted by Gasteiger charge is -2.17. The molecule has 2 amide bonds. The molecule has 0 radical (unpaired) electrons. The molecule has 0 heterocycles. The number of likely N-dealkylation sites (N-methyl/N-ethyl adjacent to an activating group) is 1. The van der Waals surface area contributed by atoms with E-state index in [4.69, 9.17) is 5.26 Å². The largest absolute Gasteiger partial charge is 0.506 e. The molecule has 0 aliphatic carbocycles. The monoisotopic (exact) mass is 364 g/mol. The Bertz CT molecular complexity index is 826. The van der Waals surface area contributed by atoms with Crippen molar-refractivity contribution < 1.29 is 29.8 Å². The van der Waals surface area contributed by atoms with Crippen molar-refractivity contribution in [3.63, 3.8) is 0 Å². The highest BCUT2D eigenvalue weighted by Gasteiger charge is 2.25. The number of amides is 2. The average Bonchev–Trinajstić information content (AvgIpc) is 2.56. The van der Waals surface area contributed by atoms with E-state index >= 15 is 0 Å². The number of aromatic hydroxyl groups is 2. The summed E-state index contributed by atoms with van der Waals surface area (Å²) in [6.07, 6.45) is 0. The van der Waals surface area contributed by atoms with Crippen LogP contribution in [-0.4, -0.2) is 57.1 Å². The van der Waals surface area contributed by atoms with Crippen molar-refractivity contribution in [3.05, 3.63) is 33.4 Å². The Morgan fingerprint density at radius 2 is 2.00 bits per heavy atom. The van der Waals surface area contributed by atoms with E-state index in [-0.39, 0.29) is 19.0 Å². The summed E-state index contributed by atoms with van der Waals surface area (Å²) in [5.74, 6) is -4.02. The minimum absolute atomic E-state index is 0.0395. The molecule has 0 saturated heterocycles. The van der Waals surface area contributed by atoms with Gasteiger partial charge in [-0.25, -0.2) is 0 Å². The molecule has 11 heteroatoms. The minimum Gasteiger partial charge on any atom is -0.506 e. The van der Waals surface area contributed by atoms with Gasteiger partial charge in [0.05, 0.1) is 4.92 Å². The maximum absolute atomic E-state index is 12.3. The van der Waals surface area contributed by atoms with Crippen LogP contribution in [0.2, 0.25) is 0 Å². The van der Waals surface area contributed by atoms with E-state index in [0.29, 0.717) is 6.07 Å². The SMILES string of the molecule is CC(=O)NCCN(C)C(=O)/C(C#N)=C(\O)c1cc(O)c(O)c([N+](=O)[O-])c1. The van der Waals surface area contributed by atoms with Gasteiger partial charge in [0, 0.05) is 38.7 Å². The van der Waals surface area contributed by atoms with E-state index in [9.17, 15) is 35.0 Å². The number of nitro benzene ring substituents is 1. The van der Waals surface area contributed by atoms with Crippen molar-refractivity contribution >= 4 is 23.3 Å². The Labute approximate surface area is 147 Å². The molecule has 138 valence electrons. The number of rotatable bonds is 6. The van der Waals surface area contributed by atoms with Gasteiger partial charge in [-0.05, 0) is 6.07 Å². The number of carbonyl (C=O) groups excluding carboxylic acids is 2. The van der Waals surface area contributed by atoms with E-state index in [1.54, 1.807) is 0 Å². The van der Waals surface area contributed by atoms with Crippen LogP contribution in [0.4, 0.5) is 5.69 Å². The third-order valence-electron chi connectivity index (χ3n) is 3.27. The fraction of sp³-hybridized carbons (Fsp3) is 0.267. The lowest BCUT2D eigenvalue weighted by molar-refractivity contribution is -0.386. The van der Waals surface area contributed by atoms with Gasteiger partial charge < -0.3 is 25.5 Å². The van der Waals surface area contributed by atoms with E-state index in [1.807, 2.05) is 0 Å². The molecule has 0 unspecified atom stereocenters. The molecule has 11 nitrogen and oxygen atoms in total. The molecule has 0 spiro atoms. The molecule has 1 aromatic rings. The first-order valence-corrected chi connectivity index (χ1v) is 7.14. The van der Waals surface area contributed by atoms with Crippen molar-refractivity contribution in [1.29, 1.82) is 5.26 Å². The number of hydrogen-bond donors (Lipinski definition) is 4. The third kappa shape index (κ3) is 4.60. The molecule has 0 saturated carbocycles. The molecular formula is C15H16N4O7. The molecule has 0 aliphatic heterocycles. The van der Waals surface area contributed by atoms with Crippen LogP contribution in [0.15, 0.2) is 17.7 Å². The highest BCUT2D eigenvalue weighted by Crippen LogP contribution is 2.38. The van der Waals surface area contributed by atoms with Gasteiger partial charge in [-0.15, -0.1) is 0 Å². The Morgan fingerprint density at radius 1 is 1.38 bits per heavy atom. The predicted octanol–water partition coefficient (Wildman–Crippen LogP) is 0.393. The second-order valence-corrected chi connectivity index (χ2v) is 5.17. The van der Waals surface area contributed by atoms with E-state index in [2.05, 4.69) is 5.32 Å². The minimum atomic E-state index is -1.01. The lowest BCUT2D eigenvalue weighted by Crippen LogP contribution is -2.36. The van der Waals surface area contributed by atoms with Gasteiger partial charge in [0.15, 0.2) is 11.3 Å². The summed E-state index contributed by atoms with van der Waals surface area (Å²) in [7, 11) is 1.32. The number of carbonyl (C=O) groups is 2. The normalized spacial score (nSPS) is 11.1. The molecule has 0 aliphatic rings. The molecule has 0 aromatic heterocycles. The zero-order chi connectivity index (χ0) is 20.0. The summed E-state index contributed by atoms with van der Waals surface area (Å²) in [6, 6.07) is 2.99. The van der Waals surface area contributed by atoms with Crippen LogP contribution >= 0.6 is 0 Å². The zero-order valence-electron chi connectivity index (χ0n) is 13.9. The van der Waals surface area contributed by atoms with Crippen LogP contribution < -0.4 is 5.32 Å². The van der Waals surface area contributed by atoms with Crippen LogP contribution in [0.5, 0.6) is 11.5 Å². The number of nitrogens with one attached hydrogen (secondary N) is 1. The topological polar surface area (TPSA) is 177 Å². The second kappa shape index (κ2) is 8.34. The fourth-order valence-corrected chi connectivity index (χ4v) is 1.92. The van der Waals surface area contributed by atoms with Crippen molar-refractivity contribution in [2.24, 2.45) is 0 Å². The van der Waals surface area contributed by atoms with Crippen molar-refractivity contribution in [2.75, 3.05) is 20.1 Å². The zero-order valence-corrected chi connectivity index (χ0v) is 13.9. The summed E-state index contributed by atoms with van der Waals surface area (Å²) < 4.78 is 0. The Kier molecular flexibility index (Phi) is 6.49. The molecule has 4 N–H and O–H groups in total. The van der Waals surface area contributed by atoms with Gasteiger partial charge in [-0.3, -0.25) is 19.7 Å². The van der Waals surface area contributed by atoms with Gasteiger partial charge in [-0.1, -0.05) is 0 Å². The van der Waals surface area contributed by atoms with E-state index in [1.165, 1.54) is 20.0 Å². The van der Waals surface area contributed by atoms with Gasteiger partial charge in [-0.2, -0.15) is 5.26 Å². The Morgan fingerprint density at radius 3 is 2.50 bits per heavy atom. The lowest BCUT2D eigenvalue weighted by atomic mass is 10.1. The number of nitrogens with zero attached hydrogens (tertiary/aromatic N) is 3. The first-order chi connectivity index (χ1) is 12.1. The number of phenolic OH excluding ortho intramolecular Hbond substituents is 2. The van der Waals surface area contributed by atoms with Crippen molar-refractivity contribution in [1.82, 2.24) is 10.2 Å². The number of nitriles is 1. The molecule has 0 fully saturated rings. The third-order valence-corrected chi connectivity index (χ3v) is 3.27. The summed E-state index contributed by atoms with van der Waals surface area (Å²) in [6.45, 7) is 1.44. The van der Waals surface area contributed by atoms with Gasteiger partial charge in [0.25, 0.3) is 5.91 Å². The fourth-order valence-electron chi connectivity index (χ4n) is 1.92. The van der Waals surface area contributed by atoms with Crippen LogP contribution in [0, 0.1) is 21.4 Å². The second-order valence-electron chi connectivity index (χ2n) is 5.17. The van der Waals surface area contributed by atoms with Crippen LogP contribution in [-0.2, 0) is 9.59 Å². The molecule has 0 bridgehead atoms. The first kappa shape index (κ1) is 20.2. The van der Waals surface area contributed by atoms with Crippen LogP contribution in [0.25, 0.3) is 5.76 Å². The van der Waals surface area contributed by atoms with Crippen LogP contribution in [0.1, 0.15) is 12.5 Å². The highest BCUT2D eigenvalue weighted by atomic mass is 16.6. The maximum atomic E-state index is 12.3. The molecule has 1 rings (SSSR count). The quantitative estimate of drug-likeness (QED) is 0.140. The summed E-state index contributed by atoms with van der Waals surface area (Å²) in [5, 5.41) is 51.6. The standard InChI is InChI=1S/C15H16N4O7/c1-8(20)17-3-4-18(2)15(24)10(7-16)13(22)9-5-11(19(25)26)14(23)12(21)6-9/h5-6,21-23H,3-4H2,1-2H3,(H,17,20)/b13-10-. The molecule has 0 atom stereocenters. The van der Waals surface area contributed by atoms with Crippen molar-refractivity contribution in [2.45, 2.75) is 6.92 Å². The van der Waals surface area contributed by atoms with Gasteiger partial charge in [0.2, 0.25) is 11.7 Å². The summed E-state index contributed by atoms with van der Waals surface area (Å²) >= 11 is 0. The number of phenols is 2. The maximum Gasteiger partial charge on any atom is 0.315 e. The number of aliphatic hydroxyl groups excluding tert-OH is 1. The van der Waals surface area contributed by atoms with Gasteiger partial charge in [0.1, 0.15) is 11.8 Å².